The summed E-state index contributed by atoms with van der Waals surface area (Å²) in [7, 11) is 1.66. The lowest BCUT2D eigenvalue weighted by molar-refractivity contribution is -0.136. The Bertz CT molecular complexity index is 700. The topological polar surface area (TPSA) is 55.6 Å². The molecule has 3 rings (SSSR count). The summed E-state index contributed by atoms with van der Waals surface area (Å²) in [6, 6.07) is 17.7. The maximum Gasteiger partial charge on any atom is 0.227 e. The fraction of sp³-hybridized carbons (Fsp3) is 0.381. The number of benzene rings is 2. The summed E-state index contributed by atoms with van der Waals surface area (Å²) in [4.78, 5) is 15.1. The van der Waals surface area contributed by atoms with Gasteiger partial charge < -0.3 is 15.4 Å². The zero-order valence-electron chi connectivity index (χ0n) is 14.9. The fourth-order valence-electron chi connectivity index (χ4n) is 3.58. The molecule has 0 saturated carbocycles. The van der Waals surface area contributed by atoms with Crippen LogP contribution in [-0.2, 0) is 4.79 Å². The third-order valence-electron chi connectivity index (χ3n) is 5.15. The van der Waals surface area contributed by atoms with E-state index < -0.39 is 0 Å². The molecule has 2 aromatic carbocycles. The van der Waals surface area contributed by atoms with Gasteiger partial charge in [-0.1, -0.05) is 49.4 Å². The highest BCUT2D eigenvalue weighted by atomic mass is 16.5. The van der Waals surface area contributed by atoms with E-state index in [4.69, 9.17) is 10.5 Å². The Morgan fingerprint density at radius 2 is 1.84 bits per heavy atom. The van der Waals surface area contributed by atoms with Crippen molar-refractivity contribution >= 4 is 5.91 Å². The summed E-state index contributed by atoms with van der Waals surface area (Å²) in [6.45, 7) is 2.73. The molecule has 2 N–H and O–H groups in total. The second kappa shape index (κ2) is 7.70. The second-order valence-electron chi connectivity index (χ2n) is 6.69. The van der Waals surface area contributed by atoms with Gasteiger partial charge in [0.15, 0.2) is 0 Å². The third kappa shape index (κ3) is 3.69. The number of likely N-dealkylation sites (tertiary alicyclic amines) is 1. The lowest BCUT2D eigenvalue weighted by Crippen LogP contribution is -2.39. The first-order chi connectivity index (χ1) is 12.1. The summed E-state index contributed by atoms with van der Waals surface area (Å²) in [5, 5.41) is 0. The average molecular weight is 338 g/mol. The van der Waals surface area contributed by atoms with Crippen LogP contribution in [-0.4, -0.2) is 24.5 Å². The van der Waals surface area contributed by atoms with Crippen LogP contribution >= 0.6 is 0 Å². The summed E-state index contributed by atoms with van der Waals surface area (Å²) in [5.41, 5.74) is 8.53. The van der Waals surface area contributed by atoms with Crippen LogP contribution in [0.2, 0.25) is 0 Å². The van der Waals surface area contributed by atoms with Crippen LogP contribution in [0.3, 0.4) is 0 Å². The Balaban J connectivity index is 1.75. The van der Waals surface area contributed by atoms with E-state index in [1.165, 1.54) is 0 Å². The molecule has 132 valence electrons. The van der Waals surface area contributed by atoms with Gasteiger partial charge in [0.2, 0.25) is 5.91 Å². The van der Waals surface area contributed by atoms with E-state index in [1.807, 2.05) is 54.3 Å². The number of nitrogens with two attached hydrogens (primary N) is 1. The Labute approximate surface area is 149 Å². The first-order valence-electron chi connectivity index (χ1n) is 8.86. The SMILES string of the molecule is COc1ccc([C@@H]2CCCN2C(=O)[C@H](C)[C@H](N)c2ccccc2)cc1. The van der Waals surface area contributed by atoms with Crippen LogP contribution in [0.25, 0.3) is 0 Å². The number of hydrogen-bond donors (Lipinski definition) is 1. The van der Waals surface area contributed by atoms with Gasteiger partial charge in [-0.2, -0.15) is 0 Å². The van der Waals surface area contributed by atoms with Gasteiger partial charge in [-0.05, 0) is 36.1 Å². The number of methoxy groups -OCH3 is 1. The highest BCUT2D eigenvalue weighted by molar-refractivity contribution is 5.80. The van der Waals surface area contributed by atoms with Crippen molar-refractivity contribution < 1.29 is 9.53 Å². The van der Waals surface area contributed by atoms with E-state index in [1.54, 1.807) is 7.11 Å². The van der Waals surface area contributed by atoms with Crippen molar-refractivity contribution in [2.24, 2.45) is 11.7 Å². The summed E-state index contributed by atoms with van der Waals surface area (Å²) in [6.07, 6.45) is 2.01. The van der Waals surface area contributed by atoms with Crippen LogP contribution in [0.4, 0.5) is 0 Å². The predicted octanol–water partition coefficient (Wildman–Crippen LogP) is 3.69. The van der Waals surface area contributed by atoms with E-state index >= 15 is 0 Å². The van der Waals surface area contributed by atoms with Crippen molar-refractivity contribution in [3.63, 3.8) is 0 Å². The molecule has 1 aliphatic heterocycles. The van der Waals surface area contributed by atoms with Gasteiger partial charge in [-0.25, -0.2) is 0 Å². The quantitative estimate of drug-likeness (QED) is 0.904. The molecule has 25 heavy (non-hydrogen) atoms. The Morgan fingerprint density at radius 1 is 1.16 bits per heavy atom. The average Bonchev–Trinajstić information content (AvgIpc) is 3.16. The van der Waals surface area contributed by atoms with E-state index in [0.717, 1.165) is 36.3 Å². The van der Waals surface area contributed by atoms with Gasteiger partial charge in [0, 0.05) is 12.6 Å². The first-order valence-corrected chi connectivity index (χ1v) is 8.86. The highest BCUT2D eigenvalue weighted by Gasteiger charge is 2.34. The molecule has 0 radical (unpaired) electrons. The Hall–Kier alpha value is -2.33. The van der Waals surface area contributed by atoms with E-state index in [-0.39, 0.29) is 23.9 Å². The molecule has 4 heteroatoms. The molecule has 1 aliphatic rings. The van der Waals surface area contributed by atoms with Crippen molar-refractivity contribution in [2.75, 3.05) is 13.7 Å². The molecule has 0 spiro atoms. The molecule has 1 fully saturated rings. The van der Waals surface area contributed by atoms with E-state index in [2.05, 4.69) is 12.1 Å². The number of nitrogens with zero attached hydrogens (tertiary/aromatic N) is 1. The van der Waals surface area contributed by atoms with Crippen molar-refractivity contribution in [3.05, 3.63) is 65.7 Å². The molecule has 0 aromatic heterocycles. The Morgan fingerprint density at radius 3 is 2.48 bits per heavy atom. The highest BCUT2D eigenvalue weighted by Crippen LogP contribution is 2.35. The number of rotatable bonds is 5. The minimum absolute atomic E-state index is 0.129. The number of ether oxygens (including phenoxy) is 1. The summed E-state index contributed by atoms with van der Waals surface area (Å²) >= 11 is 0. The fourth-order valence-corrected chi connectivity index (χ4v) is 3.58. The third-order valence-corrected chi connectivity index (χ3v) is 5.15. The Kier molecular flexibility index (Phi) is 5.39. The molecule has 0 aliphatic carbocycles. The molecular formula is C21H26N2O2. The predicted molar refractivity (Wildman–Crippen MR) is 99.2 cm³/mol. The molecule has 2 aromatic rings. The zero-order chi connectivity index (χ0) is 17.8. The van der Waals surface area contributed by atoms with Crippen LogP contribution in [0, 0.1) is 5.92 Å². The standard InChI is InChI=1S/C21H26N2O2/c1-15(20(22)17-7-4-3-5-8-17)21(24)23-14-6-9-19(23)16-10-12-18(25-2)13-11-16/h3-5,7-8,10-13,15,19-20H,6,9,14,22H2,1-2H3/t15-,19+,20+/m1/s1. The maximum atomic E-state index is 13.1. The largest absolute Gasteiger partial charge is 0.497 e. The smallest absolute Gasteiger partial charge is 0.227 e. The van der Waals surface area contributed by atoms with Crippen LogP contribution < -0.4 is 10.5 Å². The van der Waals surface area contributed by atoms with Gasteiger partial charge in [0.25, 0.3) is 0 Å². The number of amides is 1. The zero-order valence-corrected chi connectivity index (χ0v) is 14.9. The lowest BCUT2D eigenvalue weighted by atomic mass is 9.93. The maximum absolute atomic E-state index is 13.1. The first kappa shape index (κ1) is 17.5. The molecule has 0 bridgehead atoms. The van der Waals surface area contributed by atoms with E-state index in [0.29, 0.717) is 0 Å². The van der Waals surface area contributed by atoms with E-state index in [9.17, 15) is 4.79 Å². The number of hydrogen-bond acceptors (Lipinski definition) is 3. The van der Waals surface area contributed by atoms with Gasteiger partial charge in [0.1, 0.15) is 5.75 Å². The van der Waals surface area contributed by atoms with Crippen molar-refractivity contribution in [1.29, 1.82) is 0 Å². The lowest BCUT2D eigenvalue weighted by Gasteiger charge is -2.30. The molecule has 4 nitrogen and oxygen atoms in total. The summed E-state index contributed by atoms with van der Waals surface area (Å²) in [5.74, 6) is 0.718. The molecular weight excluding hydrogens is 312 g/mol. The van der Waals surface area contributed by atoms with Crippen LogP contribution in [0.15, 0.2) is 54.6 Å². The van der Waals surface area contributed by atoms with Gasteiger partial charge in [0.05, 0.1) is 19.1 Å². The van der Waals surface area contributed by atoms with Gasteiger partial charge >= 0.3 is 0 Å². The molecule has 1 heterocycles. The van der Waals surface area contributed by atoms with Gasteiger partial charge in [-0.15, -0.1) is 0 Å². The van der Waals surface area contributed by atoms with Gasteiger partial charge in [-0.3, -0.25) is 4.79 Å². The molecule has 3 atom stereocenters. The molecule has 1 amide bonds. The number of carbonyl (C=O) groups excluding carboxylic acids is 1. The number of carbonyl (C=O) groups is 1. The minimum Gasteiger partial charge on any atom is -0.497 e. The summed E-state index contributed by atoms with van der Waals surface area (Å²) < 4.78 is 5.23. The second-order valence-corrected chi connectivity index (χ2v) is 6.69. The van der Waals surface area contributed by atoms with Crippen LogP contribution in [0.1, 0.15) is 43.0 Å². The van der Waals surface area contributed by atoms with Crippen LogP contribution in [0.5, 0.6) is 5.75 Å². The molecule has 0 unspecified atom stereocenters. The molecule has 1 saturated heterocycles. The van der Waals surface area contributed by atoms with Crippen molar-refractivity contribution in [3.8, 4) is 5.75 Å². The normalized spacial score (nSPS) is 19.5. The monoisotopic (exact) mass is 338 g/mol. The minimum atomic E-state index is -0.286. The van der Waals surface area contributed by atoms with Crippen molar-refractivity contribution in [2.45, 2.75) is 31.8 Å². The van der Waals surface area contributed by atoms with Crippen molar-refractivity contribution in [1.82, 2.24) is 4.90 Å².